The molecule has 3 heterocycles. The fourth-order valence-electron chi connectivity index (χ4n) is 7.91. The van der Waals surface area contributed by atoms with E-state index >= 15 is 0 Å². The normalized spacial score (nSPS) is 11.6. The second-order valence-corrected chi connectivity index (χ2v) is 15.1. The molecule has 0 aliphatic rings. The van der Waals surface area contributed by atoms with E-state index in [9.17, 15) is 0 Å². The minimum absolute atomic E-state index is 0.644. The lowest BCUT2D eigenvalue weighted by molar-refractivity contribution is 1.07. The molecule has 3 aromatic heterocycles. The van der Waals surface area contributed by atoms with Crippen molar-refractivity contribution in [2.24, 2.45) is 0 Å². The van der Waals surface area contributed by atoms with Gasteiger partial charge in [0.15, 0.2) is 17.5 Å². The van der Waals surface area contributed by atoms with E-state index in [2.05, 4.69) is 168 Å². The average Bonchev–Trinajstić information content (AvgIpc) is 3.82. The Labute approximate surface area is 327 Å². The fraction of sp³-hybridized carbons (Fsp3) is 0. The van der Waals surface area contributed by atoms with Gasteiger partial charge in [-0.1, -0.05) is 158 Å². The molecule has 5 heteroatoms. The maximum Gasteiger partial charge on any atom is 0.164 e. The third kappa shape index (κ3) is 5.56. The largest absolute Gasteiger partial charge is 0.309 e. The van der Waals surface area contributed by atoms with Crippen LogP contribution in [-0.2, 0) is 0 Å². The molecule has 0 saturated heterocycles. The van der Waals surface area contributed by atoms with Crippen molar-refractivity contribution in [2.45, 2.75) is 0 Å². The highest BCUT2D eigenvalue weighted by Gasteiger charge is 2.16. The summed E-state index contributed by atoms with van der Waals surface area (Å²) in [4.78, 5) is 15.1. The summed E-state index contributed by atoms with van der Waals surface area (Å²) >= 11 is 1.80. The number of fused-ring (bicyclic) bond motifs is 6. The van der Waals surface area contributed by atoms with Gasteiger partial charge in [-0.15, -0.1) is 11.3 Å². The van der Waals surface area contributed by atoms with Gasteiger partial charge < -0.3 is 4.57 Å². The average molecular weight is 733 g/mol. The van der Waals surface area contributed by atoms with Gasteiger partial charge in [-0.3, -0.25) is 0 Å². The maximum atomic E-state index is 5.08. The van der Waals surface area contributed by atoms with Crippen molar-refractivity contribution in [2.75, 3.05) is 0 Å². The summed E-state index contributed by atoms with van der Waals surface area (Å²) in [7, 11) is 0. The molecule has 0 amide bonds. The highest BCUT2D eigenvalue weighted by molar-refractivity contribution is 7.25. The zero-order chi connectivity index (χ0) is 37.0. The Morgan fingerprint density at radius 2 is 0.804 bits per heavy atom. The predicted octanol–water partition coefficient (Wildman–Crippen LogP) is 13.7. The van der Waals surface area contributed by atoms with Gasteiger partial charge in [0.25, 0.3) is 0 Å². The fourth-order valence-corrected chi connectivity index (χ4v) is 9.06. The molecule has 8 aromatic carbocycles. The van der Waals surface area contributed by atoms with Crippen molar-refractivity contribution >= 4 is 53.3 Å². The minimum atomic E-state index is 0.644. The van der Waals surface area contributed by atoms with Crippen LogP contribution in [0.2, 0.25) is 0 Å². The molecule has 262 valence electrons. The number of aromatic nitrogens is 4. The zero-order valence-corrected chi connectivity index (χ0v) is 31.0. The van der Waals surface area contributed by atoms with Gasteiger partial charge in [-0.2, -0.15) is 0 Å². The van der Waals surface area contributed by atoms with E-state index in [1.807, 2.05) is 30.3 Å². The van der Waals surface area contributed by atoms with Gasteiger partial charge in [0.1, 0.15) is 0 Å². The summed E-state index contributed by atoms with van der Waals surface area (Å²) in [6, 6.07) is 68.7. The summed E-state index contributed by atoms with van der Waals surface area (Å²) in [5.41, 5.74) is 11.0. The summed E-state index contributed by atoms with van der Waals surface area (Å²) in [5, 5.41) is 5.01. The topological polar surface area (TPSA) is 43.6 Å². The van der Waals surface area contributed by atoms with Crippen LogP contribution < -0.4 is 0 Å². The van der Waals surface area contributed by atoms with Gasteiger partial charge in [-0.05, 0) is 58.7 Å². The van der Waals surface area contributed by atoms with Crippen LogP contribution in [0.5, 0.6) is 0 Å². The number of rotatable bonds is 6. The van der Waals surface area contributed by atoms with Crippen molar-refractivity contribution < 1.29 is 0 Å². The number of benzene rings is 8. The SMILES string of the molecule is c1ccc(-c2ccc3c4ccccc4n(-c4cccc(-c5ccc(-c6nc(-c7ccccc7)nc(-c7ccc8c(c7)sc7ccccc78)n6)cc5)c4)c3c2)cc1. The molecule has 0 atom stereocenters. The van der Waals surface area contributed by atoms with Gasteiger partial charge in [0.05, 0.1) is 11.0 Å². The maximum absolute atomic E-state index is 5.08. The summed E-state index contributed by atoms with van der Waals surface area (Å²) in [5.74, 6) is 1.96. The zero-order valence-electron chi connectivity index (χ0n) is 30.2. The highest BCUT2D eigenvalue weighted by Crippen LogP contribution is 2.38. The molecule has 0 bridgehead atoms. The van der Waals surface area contributed by atoms with E-state index in [1.54, 1.807) is 11.3 Å². The van der Waals surface area contributed by atoms with Gasteiger partial charge in [0.2, 0.25) is 0 Å². The van der Waals surface area contributed by atoms with E-state index in [0.717, 1.165) is 33.5 Å². The van der Waals surface area contributed by atoms with Crippen LogP contribution in [-0.4, -0.2) is 19.5 Å². The number of thiophene rings is 1. The third-order valence-electron chi connectivity index (χ3n) is 10.7. The Kier molecular flexibility index (Phi) is 7.64. The number of hydrogen-bond donors (Lipinski definition) is 0. The molecule has 0 unspecified atom stereocenters. The molecule has 11 aromatic rings. The first-order chi connectivity index (χ1) is 27.7. The van der Waals surface area contributed by atoms with Crippen LogP contribution in [0.3, 0.4) is 0 Å². The molecular formula is C51H32N4S. The van der Waals surface area contributed by atoms with Crippen LogP contribution in [0, 0.1) is 0 Å². The Hall–Kier alpha value is -7.21. The monoisotopic (exact) mass is 732 g/mol. The Bertz CT molecular complexity index is 3240. The van der Waals surface area contributed by atoms with Gasteiger partial charge >= 0.3 is 0 Å². The van der Waals surface area contributed by atoms with Gasteiger partial charge in [0, 0.05) is 53.3 Å². The predicted molar refractivity (Wildman–Crippen MR) is 234 cm³/mol. The van der Waals surface area contributed by atoms with E-state index in [-0.39, 0.29) is 0 Å². The smallest absolute Gasteiger partial charge is 0.164 e. The van der Waals surface area contributed by atoms with E-state index in [1.165, 1.54) is 53.1 Å². The standard InChI is InChI=1S/C51H32N4S/c1-3-12-33(13-4-1)38-26-28-42-41-18-7-9-20-45(41)55(46(42)31-38)40-17-11-16-37(30-40)34-22-24-36(25-23-34)50-52-49(35-14-5-2-6-15-35)53-51(54-50)39-27-29-44-43-19-8-10-21-47(43)56-48(44)32-39/h1-32H. The number of hydrogen-bond acceptors (Lipinski definition) is 4. The van der Waals surface area contributed by atoms with Crippen molar-refractivity contribution in [3.63, 3.8) is 0 Å². The molecule has 11 rings (SSSR count). The first-order valence-corrected chi connectivity index (χ1v) is 19.6. The molecule has 0 N–H and O–H groups in total. The van der Waals surface area contributed by atoms with E-state index < -0.39 is 0 Å². The Morgan fingerprint density at radius 3 is 1.59 bits per heavy atom. The molecule has 0 aliphatic carbocycles. The third-order valence-corrected chi connectivity index (χ3v) is 11.8. The molecule has 0 saturated carbocycles. The second kappa shape index (κ2) is 13.3. The van der Waals surface area contributed by atoms with Crippen LogP contribution in [0.4, 0.5) is 0 Å². The molecule has 4 nitrogen and oxygen atoms in total. The van der Waals surface area contributed by atoms with Crippen molar-refractivity contribution in [1.29, 1.82) is 0 Å². The first-order valence-electron chi connectivity index (χ1n) is 18.8. The summed E-state index contributed by atoms with van der Waals surface area (Å²) < 4.78 is 4.89. The van der Waals surface area contributed by atoms with Crippen molar-refractivity contribution in [3.05, 3.63) is 194 Å². The van der Waals surface area contributed by atoms with E-state index in [4.69, 9.17) is 15.0 Å². The number of nitrogens with zero attached hydrogens (tertiary/aromatic N) is 4. The second-order valence-electron chi connectivity index (χ2n) is 14.1. The lowest BCUT2D eigenvalue weighted by Gasteiger charge is -2.12. The highest BCUT2D eigenvalue weighted by atomic mass is 32.1. The quantitative estimate of drug-likeness (QED) is 0.171. The molecule has 0 fully saturated rings. The van der Waals surface area contributed by atoms with Crippen molar-refractivity contribution in [3.8, 4) is 62.1 Å². The lowest BCUT2D eigenvalue weighted by atomic mass is 10.0. The molecule has 0 spiro atoms. The van der Waals surface area contributed by atoms with Gasteiger partial charge in [-0.25, -0.2) is 15.0 Å². The minimum Gasteiger partial charge on any atom is -0.309 e. The summed E-state index contributed by atoms with van der Waals surface area (Å²) in [6.45, 7) is 0. The van der Waals surface area contributed by atoms with Crippen LogP contribution >= 0.6 is 11.3 Å². The molecule has 56 heavy (non-hydrogen) atoms. The van der Waals surface area contributed by atoms with Crippen LogP contribution in [0.15, 0.2) is 194 Å². The van der Waals surface area contributed by atoms with Crippen LogP contribution in [0.1, 0.15) is 0 Å². The first kappa shape index (κ1) is 32.2. The Morgan fingerprint density at radius 1 is 0.304 bits per heavy atom. The number of para-hydroxylation sites is 1. The van der Waals surface area contributed by atoms with E-state index in [0.29, 0.717) is 17.5 Å². The molecule has 0 aliphatic heterocycles. The summed E-state index contributed by atoms with van der Waals surface area (Å²) in [6.07, 6.45) is 0. The lowest BCUT2D eigenvalue weighted by Crippen LogP contribution is -2.00. The van der Waals surface area contributed by atoms with Crippen molar-refractivity contribution in [1.82, 2.24) is 19.5 Å². The molecular weight excluding hydrogens is 701 g/mol. The Balaban J connectivity index is 0.986. The van der Waals surface area contributed by atoms with Crippen LogP contribution in [0.25, 0.3) is 104 Å². The molecule has 0 radical (unpaired) electrons.